The van der Waals surface area contributed by atoms with Gasteiger partial charge in [-0.15, -0.1) is 0 Å². The van der Waals surface area contributed by atoms with Gasteiger partial charge in [0.15, 0.2) is 5.75 Å². The molecule has 0 aromatic heterocycles. The largest absolute Gasteiger partial charge is 0.455 e. The number of carbonyl (C=O) groups is 1. The molecule has 0 bridgehead atoms. The molecule has 1 amide bonds. The van der Waals surface area contributed by atoms with E-state index in [0.29, 0.717) is 44.4 Å². The van der Waals surface area contributed by atoms with Crippen molar-refractivity contribution in [3.05, 3.63) is 81.3 Å². The summed E-state index contributed by atoms with van der Waals surface area (Å²) in [6.45, 7) is 1.70. The summed E-state index contributed by atoms with van der Waals surface area (Å²) < 4.78 is 84.7. The standard InChI is InChI=1S/C26H26Cl2F3N3O6S/c27-17-1-6-23(34-41(36,37)19-3-5-22(28)21(15-19)26(29,30)31)24(14-17)40-18-2-4-20(25(33)35)16(13-18)7-9-38-11-12-39-10-8-32/h1-6,13-15,34H,7-12,32H2,(H2,33,35). The minimum absolute atomic E-state index is 0.0582. The van der Waals surface area contributed by atoms with Crippen LogP contribution in [0.3, 0.4) is 0 Å². The van der Waals surface area contributed by atoms with E-state index in [9.17, 15) is 26.4 Å². The fourth-order valence-corrected chi connectivity index (χ4v) is 5.04. The SMILES string of the molecule is NCCOCCOCCc1cc(Oc2cc(Cl)ccc2NS(=O)(=O)c2ccc(Cl)c(C(F)(F)F)c2)ccc1C(N)=O. The molecular weight excluding hydrogens is 610 g/mol. The van der Waals surface area contributed by atoms with Crippen molar-refractivity contribution >= 4 is 44.8 Å². The number of alkyl halides is 3. The summed E-state index contributed by atoms with van der Waals surface area (Å²) in [5.41, 5.74) is 10.2. The van der Waals surface area contributed by atoms with Crippen LogP contribution in [-0.2, 0) is 32.1 Å². The van der Waals surface area contributed by atoms with Gasteiger partial charge < -0.3 is 25.7 Å². The summed E-state index contributed by atoms with van der Waals surface area (Å²) in [7, 11) is -4.52. The lowest BCUT2D eigenvalue weighted by Crippen LogP contribution is -2.16. The van der Waals surface area contributed by atoms with Crippen molar-refractivity contribution in [3.63, 3.8) is 0 Å². The van der Waals surface area contributed by atoms with Gasteiger partial charge in [-0.2, -0.15) is 13.2 Å². The predicted molar refractivity (Wildman–Crippen MR) is 148 cm³/mol. The molecule has 0 saturated heterocycles. The van der Waals surface area contributed by atoms with Gasteiger partial charge in [0, 0.05) is 23.2 Å². The van der Waals surface area contributed by atoms with Gasteiger partial charge in [0.05, 0.1) is 47.6 Å². The van der Waals surface area contributed by atoms with Crippen molar-refractivity contribution in [2.45, 2.75) is 17.5 Å². The van der Waals surface area contributed by atoms with Crippen molar-refractivity contribution in [2.75, 3.05) is 37.7 Å². The lowest BCUT2D eigenvalue weighted by Gasteiger charge is -2.16. The van der Waals surface area contributed by atoms with Crippen molar-refractivity contribution in [1.29, 1.82) is 0 Å². The van der Waals surface area contributed by atoms with E-state index >= 15 is 0 Å². The lowest BCUT2D eigenvalue weighted by atomic mass is 10.0. The molecule has 0 fully saturated rings. The van der Waals surface area contributed by atoms with Crippen molar-refractivity contribution in [2.24, 2.45) is 11.5 Å². The first kappa shape index (κ1) is 32.4. The Hall–Kier alpha value is -3.07. The van der Waals surface area contributed by atoms with Crippen LogP contribution in [0.1, 0.15) is 21.5 Å². The number of primary amides is 1. The lowest BCUT2D eigenvalue weighted by molar-refractivity contribution is -0.137. The second-order valence-electron chi connectivity index (χ2n) is 8.43. The molecule has 0 atom stereocenters. The minimum Gasteiger partial charge on any atom is -0.455 e. The number of carbonyl (C=O) groups excluding carboxylic acids is 1. The Morgan fingerprint density at radius 2 is 1.63 bits per heavy atom. The van der Waals surface area contributed by atoms with Gasteiger partial charge in [-0.1, -0.05) is 23.2 Å². The van der Waals surface area contributed by atoms with Gasteiger partial charge in [0.1, 0.15) is 5.75 Å². The molecule has 0 radical (unpaired) electrons. The maximum Gasteiger partial charge on any atom is 0.417 e. The molecule has 3 rings (SSSR count). The van der Waals surface area contributed by atoms with Crippen LogP contribution in [0, 0.1) is 0 Å². The highest BCUT2D eigenvalue weighted by Gasteiger charge is 2.34. The maximum atomic E-state index is 13.3. The van der Waals surface area contributed by atoms with E-state index in [4.69, 9.17) is 48.9 Å². The van der Waals surface area contributed by atoms with Gasteiger partial charge in [0.25, 0.3) is 10.0 Å². The average Bonchev–Trinajstić information content (AvgIpc) is 2.89. The van der Waals surface area contributed by atoms with Gasteiger partial charge in [0.2, 0.25) is 5.91 Å². The molecule has 15 heteroatoms. The van der Waals surface area contributed by atoms with Crippen LogP contribution in [0.15, 0.2) is 59.5 Å². The van der Waals surface area contributed by atoms with E-state index in [1.54, 1.807) is 0 Å². The van der Waals surface area contributed by atoms with Gasteiger partial charge in [-0.25, -0.2) is 8.42 Å². The van der Waals surface area contributed by atoms with Crippen LogP contribution in [0.5, 0.6) is 11.5 Å². The number of rotatable bonds is 14. The van der Waals surface area contributed by atoms with Gasteiger partial charge in [-0.3, -0.25) is 9.52 Å². The van der Waals surface area contributed by atoms with E-state index in [1.165, 1.54) is 36.4 Å². The van der Waals surface area contributed by atoms with E-state index in [-0.39, 0.29) is 34.4 Å². The molecule has 5 N–H and O–H groups in total. The van der Waals surface area contributed by atoms with Crippen molar-refractivity contribution in [3.8, 4) is 11.5 Å². The number of nitrogens with two attached hydrogens (primary N) is 2. The number of nitrogens with one attached hydrogen (secondary N) is 1. The summed E-state index contributed by atoms with van der Waals surface area (Å²) in [6, 6.07) is 10.6. The third kappa shape index (κ3) is 9.21. The van der Waals surface area contributed by atoms with E-state index in [2.05, 4.69) is 4.72 Å². The quantitative estimate of drug-likeness (QED) is 0.206. The molecule has 0 saturated carbocycles. The number of amides is 1. The first-order chi connectivity index (χ1) is 19.3. The topological polar surface area (TPSA) is 143 Å². The number of anilines is 1. The van der Waals surface area contributed by atoms with Crippen LogP contribution in [0.25, 0.3) is 0 Å². The second kappa shape index (κ2) is 14.2. The molecule has 0 aliphatic rings. The van der Waals surface area contributed by atoms with Crippen LogP contribution < -0.4 is 20.9 Å². The first-order valence-electron chi connectivity index (χ1n) is 12.0. The molecule has 0 aliphatic carbocycles. The molecule has 0 aliphatic heterocycles. The Bertz CT molecular complexity index is 1490. The molecule has 0 unspecified atom stereocenters. The van der Waals surface area contributed by atoms with Gasteiger partial charge in [-0.05, 0) is 60.5 Å². The third-order valence-corrected chi connectivity index (χ3v) is 7.39. The maximum absolute atomic E-state index is 13.3. The second-order valence-corrected chi connectivity index (χ2v) is 11.0. The summed E-state index contributed by atoms with van der Waals surface area (Å²) in [5, 5.41) is -0.458. The number of halogens is 5. The smallest absolute Gasteiger partial charge is 0.417 e. The highest BCUT2D eigenvalue weighted by molar-refractivity contribution is 7.92. The Balaban J connectivity index is 1.84. The highest BCUT2D eigenvalue weighted by atomic mass is 35.5. The number of sulfonamides is 1. The molecule has 0 heterocycles. The molecule has 3 aromatic carbocycles. The summed E-state index contributed by atoms with van der Waals surface area (Å²) >= 11 is 11.7. The average molecular weight is 636 g/mol. The normalized spacial score (nSPS) is 11.9. The first-order valence-corrected chi connectivity index (χ1v) is 14.2. The summed E-state index contributed by atoms with van der Waals surface area (Å²) in [4.78, 5) is 11.3. The van der Waals surface area contributed by atoms with E-state index in [0.717, 1.165) is 12.1 Å². The Kier molecular flexibility index (Phi) is 11.2. The minimum atomic E-state index is -4.87. The third-order valence-electron chi connectivity index (χ3n) is 5.46. The zero-order valence-corrected chi connectivity index (χ0v) is 23.7. The molecule has 41 heavy (non-hydrogen) atoms. The van der Waals surface area contributed by atoms with Crippen LogP contribution in [0.2, 0.25) is 10.0 Å². The summed E-state index contributed by atoms with van der Waals surface area (Å²) in [5.74, 6) is -0.530. The van der Waals surface area contributed by atoms with Crippen LogP contribution in [-0.4, -0.2) is 47.3 Å². The van der Waals surface area contributed by atoms with E-state index in [1.807, 2.05) is 0 Å². The fraction of sp³-hybridized carbons (Fsp3) is 0.269. The number of benzene rings is 3. The van der Waals surface area contributed by atoms with E-state index < -0.39 is 37.6 Å². The highest BCUT2D eigenvalue weighted by Crippen LogP contribution is 2.38. The van der Waals surface area contributed by atoms with Gasteiger partial charge >= 0.3 is 6.18 Å². The molecule has 0 spiro atoms. The predicted octanol–water partition coefficient (Wildman–Crippen LogP) is 5.24. The Morgan fingerprint density at radius 1 is 0.927 bits per heavy atom. The van der Waals surface area contributed by atoms with Crippen molar-refractivity contribution < 1.29 is 40.6 Å². The fourth-order valence-electron chi connectivity index (χ4n) is 3.55. The number of hydrogen-bond donors (Lipinski definition) is 3. The molecule has 3 aromatic rings. The Labute approximate surface area is 244 Å². The summed E-state index contributed by atoms with van der Waals surface area (Å²) in [6.07, 6.45) is -4.57. The van der Waals surface area contributed by atoms with Crippen LogP contribution in [0.4, 0.5) is 18.9 Å². The molecule has 222 valence electrons. The zero-order valence-electron chi connectivity index (χ0n) is 21.3. The number of ether oxygens (including phenoxy) is 3. The molecular formula is C26H26Cl2F3N3O6S. The van der Waals surface area contributed by atoms with Crippen molar-refractivity contribution in [1.82, 2.24) is 0 Å². The van der Waals surface area contributed by atoms with Crippen LogP contribution >= 0.6 is 23.2 Å². The molecule has 9 nitrogen and oxygen atoms in total. The zero-order chi connectivity index (χ0) is 30.2. The Morgan fingerprint density at radius 3 is 2.29 bits per heavy atom. The number of hydrogen-bond acceptors (Lipinski definition) is 7. The monoisotopic (exact) mass is 635 g/mol.